The number of benzene rings is 2. The molecule has 0 saturated carbocycles. The summed E-state index contributed by atoms with van der Waals surface area (Å²) in [6.07, 6.45) is 0. The van der Waals surface area contributed by atoms with Crippen LogP contribution in [-0.4, -0.2) is 25.5 Å². The molecule has 1 N–H and O–H groups in total. The van der Waals surface area contributed by atoms with Crippen LogP contribution in [0.5, 0.6) is 0 Å². The molecule has 8 nitrogen and oxygen atoms in total. The smallest absolute Gasteiger partial charge is 0.388 e. The zero-order valence-corrected chi connectivity index (χ0v) is 17.2. The number of rotatable bonds is 5. The number of anilines is 1. The summed E-state index contributed by atoms with van der Waals surface area (Å²) in [6, 6.07) is 13.2. The topological polar surface area (TPSA) is 95.0 Å². The molecule has 0 aliphatic heterocycles. The zero-order valence-electron chi connectivity index (χ0n) is 17.2. The van der Waals surface area contributed by atoms with E-state index in [-0.39, 0.29) is 12.4 Å². The second-order valence-corrected chi connectivity index (χ2v) is 7.18. The maximum absolute atomic E-state index is 13.1. The highest BCUT2D eigenvalue weighted by molar-refractivity contribution is 5.91. The number of aryl methyl sites for hydroxylation is 2. The van der Waals surface area contributed by atoms with Crippen LogP contribution in [0.4, 0.5) is 10.1 Å². The summed E-state index contributed by atoms with van der Waals surface area (Å²) >= 11 is 0. The first-order chi connectivity index (χ1) is 14.8. The second-order valence-electron chi connectivity index (χ2n) is 7.18. The van der Waals surface area contributed by atoms with E-state index in [1.807, 2.05) is 38.1 Å². The molecule has 0 aliphatic rings. The van der Waals surface area contributed by atoms with Crippen molar-refractivity contribution in [3.63, 3.8) is 0 Å². The van der Waals surface area contributed by atoms with Gasteiger partial charge in [-0.15, -0.1) is 5.10 Å². The summed E-state index contributed by atoms with van der Waals surface area (Å²) in [5.41, 5.74) is 4.42. The van der Waals surface area contributed by atoms with E-state index in [2.05, 4.69) is 15.5 Å². The Labute approximate surface area is 176 Å². The minimum absolute atomic E-state index is 0.0114. The molecule has 0 aliphatic carbocycles. The van der Waals surface area contributed by atoms with Gasteiger partial charge in [0.25, 0.3) is 0 Å². The summed E-state index contributed by atoms with van der Waals surface area (Å²) in [5.74, 6) is -1.63. The summed E-state index contributed by atoms with van der Waals surface area (Å²) in [6.45, 7) is 5.31. The van der Waals surface area contributed by atoms with Crippen LogP contribution in [0.25, 0.3) is 17.1 Å². The van der Waals surface area contributed by atoms with Gasteiger partial charge in [-0.3, -0.25) is 4.79 Å². The monoisotopic (exact) mass is 421 g/mol. The highest BCUT2D eigenvalue weighted by Crippen LogP contribution is 2.23. The fourth-order valence-electron chi connectivity index (χ4n) is 3.19. The molecule has 9 heteroatoms. The first kappa shape index (κ1) is 20.3. The lowest BCUT2D eigenvalue weighted by atomic mass is 10.2. The van der Waals surface area contributed by atoms with Gasteiger partial charge in [-0.1, -0.05) is 17.7 Å². The van der Waals surface area contributed by atoms with Gasteiger partial charge in [0.05, 0.1) is 22.8 Å². The van der Waals surface area contributed by atoms with E-state index in [0.29, 0.717) is 16.9 Å². The van der Waals surface area contributed by atoms with Gasteiger partial charge in [-0.25, -0.2) is 13.9 Å². The van der Waals surface area contributed by atoms with E-state index < -0.39 is 17.5 Å². The third-order valence-electron chi connectivity index (χ3n) is 4.83. The molecule has 158 valence electrons. The lowest BCUT2D eigenvalue weighted by Gasteiger charge is -2.07. The van der Waals surface area contributed by atoms with Gasteiger partial charge < -0.3 is 9.73 Å². The zero-order chi connectivity index (χ0) is 22.1. The van der Waals surface area contributed by atoms with Crippen molar-refractivity contribution < 1.29 is 13.6 Å². The van der Waals surface area contributed by atoms with Gasteiger partial charge in [0, 0.05) is 5.56 Å². The van der Waals surface area contributed by atoms with E-state index in [0.717, 1.165) is 21.6 Å². The minimum Gasteiger partial charge on any atom is -0.388 e. The molecule has 1 amide bonds. The number of hydrogen-bond donors (Lipinski definition) is 1. The Morgan fingerprint density at radius 3 is 2.39 bits per heavy atom. The number of carbonyl (C=O) groups is 1. The Kier molecular flexibility index (Phi) is 5.24. The first-order valence-electron chi connectivity index (χ1n) is 9.59. The van der Waals surface area contributed by atoms with Crippen LogP contribution in [0.3, 0.4) is 0 Å². The average Bonchev–Trinajstić information content (AvgIpc) is 3.23. The molecule has 0 saturated heterocycles. The predicted octanol–water partition coefficient (Wildman–Crippen LogP) is 3.39. The molecule has 2 aromatic heterocycles. The van der Waals surface area contributed by atoms with Crippen molar-refractivity contribution in [1.29, 1.82) is 0 Å². The SMILES string of the molecule is Cc1ccc(-n2nc(C)c(NC(=O)Cn3nc(-c4ccc(F)cc4)oc3=O)c2C)cc1. The van der Waals surface area contributed by atoms with Crippen LogP contribution in [-0.2, 0) is 11.3 Å². The molecule has 2 heterocycles. The summed E-state index contributed by atoms with van der Waals surface area (Å²) in [4.78, 5) is 24.7. The fourth-order valence-corrected chi connectivity index (χ4v) is 3.19. The van der Waals surface area contributed by atoms with Crippen LogP contribution >= 0.6 is 0 Å². The van der Waals surface area contributed by atoms with Crippen molar-refractivity contribution in [2.45, 2.75) is 27.3 Å². The van der Waals surface area contributed by atoms with Gasteiger partial charge in [0.15, 0.2) is 0 Å². The highest BCUT2D eigenvalue weighted by atomic mass is 19.1. The van der Waals surface area contributed by atoms with Gasteiger partial charge >= 0.3 is 5.76 Å². The number of carbonyl (C=O) groups excluding carboxylic acids is 1. The van der Waals surface area contributed by atoms with E-state index in [4.69, 9.17) is 4.42 Å². The third-order valence-corrected chi connectivity index (χ3v) is 4.83. The Hall–Kier alpha value is -4.01. The van der Waals surface area contributed by atoms with Gasteiger partial charge in [-0.2, -0.15) is 9.78 Å². The summed E-state index contributed by atoms with van der Waals surface area (Å²) < 4.78 is 20.8. The van der Waals surface area contributed by atoms with Crippen molar-refractivity contribution in [3.05, 3.63) is 81.9 Å². The predicted molar refractivity (Wildman–Crippen MR) is 113 cm³/mol. The summed E-state index contributed by atoms with van der Waals surface area (Å²) in [7, 11) is 0. The van der Waals surface area contributed by atoms with E-state index >= 15 is 0 Å². The van der Waals surface area contributed by atoms with Crippen molar-refractivity contribution in [2.75, 3.05) is 5.32 Å². The van der Waals surface area contributed by atoms with Crippen LogP contribution in [0, 0.1) is 26.6 Å². The Bertz CT molecular complexity index is 1300. The van der Waals surface area contributed by atoms with E-state index in [1.54, 1.807) is 11.6 Å². The quantitative estimate of drug-likeness (QED) is 0.533. The molecule has 0 bridgehead atoms. The number of nitrogens with zero attached hydrogens (tertiary/aromatic N) is 4. The molecular weight excluding hydrogens is 401 g/mol. The molecule has 4 aromatic rings. The highest BCUT2D eigenvalue weighted by Gasteiger charge is 2.18. The van der Waals surface area contributed by atoms with Crippen molar-refractivity contribution >= 4 is 11.6 Å². The molecule has 0 unspecified atom stereocenters. The van der Waals surface area contributed by atoms with Gasteiger partial charge in [-0.05, 0) is 57.2 Å². The molecule has 4 rings (SSSR count). The molecule has 0 atom stereocenters. The largest absolute Gasteiger partial charge is 0.437 e. The third kappa shape index (κ3) is 4.16. The number of amides is 1. The second kappa shape index (κ2) is 8.02. The van der Waals surface area contributed by atoms with Crippen LogP contribution in [0.15, 0.2) is 57.7 Å². The Balaban J connectivity index is 1.53. The average molecular weight is 421 g/mol. The minimum atomic E-state index is -0.779. The molecule has 0 radical (unpaired) electrons. The maximum atomic E-state index is 13.1. The maximum Gasteiger partial charge on any atom is 0.437 e. The van der Waals surface area contributed by atoms with Crippen molar-refractivity contribution in [2.24, 2.45) is 0 Å². The first-order valence-corrected chi connectivity index (χ1v) is 9.59. The lowest BCUT2D eigenvalue weighted by molar-refractivity contribution is -0.117. The van der Waals surface area contributed by atoms with Gasteiger partial charge in [0.1, 0.15) is 12.4 Å². The molecule has 0 fully saturated rings. The van der Waals surface area contributed by atoms with E-state index in [9.17, 15) is 14.0 Å². The Morgan fingerprint density at radius 2 is 1.71 bits per heavy atom. The number of nitrogens with one attached hydrogen (secondary N) is 1. The Morgan fingerprint density at radius 1 is 1.03 bits per heavy atom. The molecule has 0 spiro atoms. The number of halogens is 1. The lowest BCUT2D eigenvalue weighted by Crippen LogP contribution is -2.26. The van der Waals surface area contributed by atoms with E-state index in [1.165, 1.54) is 24.3 Å². The molecule has 2 aromatic carbocycles. The fraction of sp³-hybridized carbons (Fsp3) is 0.182. The standard InChI is InChI=1S/C22H20FN5O3/c1-13-4-10-18(11-5-13)28-15(3)20(14(2)25-28)24-19(29)12-27-22(30)31-21(26-27)16-6-8-17(23)9-7-16/h4-11H,12H2,1-3H3,(H,24,29). The van der Waals surface area contributed by atoms with Crippen LogP contribution in [0.1, 0.15) is 17.0 Å². The van der Waals surface area contributed by atoms with Gasteiger partial charge in [0.2, 0.25) is 11.8 Å². The normalized spacial score (nSPS) is 11.0. The number of hydrogen-bond acceptors (Lipinski definition) is 5. The summed E-state index contributed by atoms with van der Waals surface area (Å²) in [5, 5.41) is 11.3. The van der Waals surface area contributed by atoms with Crippen molar-refractivity contribution in [1.82, 2.24) is 19.6 Å². The molecule has 31 heavy (non-hydrogen) atoms. The van der Waals surface area contributed by atoms with Crippen molar-refractivity contribution in [3.8, 4) is 17.1 Å². The van der Waals surface area contributed by atoms with Crippen LogP contribution in [0.2, 0.25) is 0 Å². The number of aromatic nitrogens is 4. The van der Waals surface area contributed by atoms with Crippen LogP contribution < -0.4 is 11.1 Å². The molecular formula is C22H20FN5O3.